The summed E-state index contributed by atoms with van der Waals surface area (Å²) in [6.45, 7) is 5.42. The molecule has 4 nitrogen and oxygen atoms in total. The van der Waals surface area contributed by atoms with E-state index in [1.807, 2.05) is 0 Å². The summed E-state index contributed by atoms with van der Waals surface area (Å²) in [4.78, 5) is 24.9. The van der Waals surface area contributed by atoms with Crippen LogP contribution in [0, 0.1) is 11.2 Å². The van der Waals surface area contributed by atoms with Gasteiger partial charge in [-0.15, -0.1) is 0 Å². The first-order valence-electron chi connectivity index (χ1n) is 6.47. The molecular weight excluding hydrogens is 259 g/mol. The van der Waals surface area contributed by atoms with E-state index in [1.54, 1.807) is 46.0 Å². The maximum Gasteiger partial charge on any atom is 0.242 e. The first-order valence-corrected chi connectivity index (χ1v) is 6.47. The quantitative estimate of drug-likeness (QED) is 0.916. The number of amides is 2. The molecular formula is C15H21FN2O2. The molecule has 5 heteroatoms. The number of rotatable bonds is 4. The van der Waals surface area contributed by atoms with Crippen molar-refractivity contribution in [1.29, 1.82) is 0 Å². The van der Waals surface area contributed by atoms with Crippen LogP contribution in [0.2, 0.25) is 0 Å². The number of hydrogen-bond donors (Lipinski definition) is 1. The molecule has 0 aliphatic carbocycles. The van der Waals surface area contributed by atoms with Crippen molar-refractivity contribution in [3.05, 3.63) is 35.6 Å². The van der Waals surface area contributed by atoms with E-state index < -0.39 is 5.41 Å². The lowest BCUT2D eigenvalue weighted by atomic mass is 9.96. The minimum atomic E-state index is -0.537. The van der Waals surface area contributed by atoms with Crippen LogP contribution in [0.25, 0.3) is 0 Å². The van der Waals surface area contributed by atoms with Crippen molar-refractivity contribution >= 4 is 11.8 Å². The van der Waals surface area contributed by atoms with E-state index in [0.29, 0.717) is 5.56 Å². The van der Waals surface area contributed by atoms with Crippen molar-refractivity contribution in [2.75, 3.05) is 13.6 Å². The average molecular weight is 280 g/mol. The van der Waals surface area contributed by atoms with Crippen molar-refractivity contribution < 1.29 is 14.0 Å². The molecule has 110 valence electrons. The number of benzene rings is 1. The van der Waals surface area contributed by atoms with Crippen LogP contribution in [0.4, 0.5) is 4.39 Å². The van der Waals surface area contributed by atoms with Gasteiger partial charge in [0.2, 0.25) is 11.8 Å². The van der Waals surface area contributed by atoms with Crippen molar-refractivity contribution in [2.45, 2.75) is 27.3 Å². The molecule has 0 unspecified atom stereocenters. The smallest absolute Gasteiger partial charge is 0.242 e. The van der Waals surface area contributed by atoms with Gasteiger partial charge in [0.15, 0.2) is 0 Å². The Balaban J connectivity index is 2.52. The first kappa shape index (κ1) is 16.1. The van der Waals surface area contributed by atoms with Crippen molar-refractivity contribution in [1.82, 2.24) is 10.2 Å². The lowest BCUT2D eigenvalue weighted by Crippen LogP contribution is -2.42. The minimum absolute atomic E-state index is 0.0823. The summed E-state index contributed by atoms with van der Waals surface area (Å²) in [6.07, 6.45) is 0. The summed E-state index contributed by atoms with van der Waals surface area (Å²) in [6, 6.07) is 6.31. The van der Waals surface area contributed by atoms with E-state index in [9.17, 15) is 14.0 Å². The molecule has 0 fully saturated rings. The molecule has 20 heavy (non-hydrogen) atoms. The third-order valence-electron chi connectivity index (χ3n) is 2.87. The van der Waals surface area contributed by atoms with Gasteiger partial charge in [-0.1, -0.05) is 39.0 Å². The topological polar surface area (TPSA) is 49.4 Å². The fraction of sp³-hybridized carbons (Fsp3) is 0.467. The predicted octanol–water partition coefficient (Wildman–Crippen LogP) is 1.95. The number of carbonyl (C=O) groups is 2. The third kappa shape index (κ3) is 4.64. The minimum Gasteiger partial charge on any atom is -0.347 e. The molecule has 0 aliphatic rings. The maximum absolute atomic E-state index is 13.5. The summed E-state index contributed by atoms with van der Waals surface area (Å²) in [7, 11) is 1.58. The second-order valence-electron chi connectivity index (χ2n) is 5.77. The van der Waals surface area contributed by atoms with E-state index in [2.05, 4.69) is 5.32 Å². The Labute approximate surface area is 119 Å². The zero-order valence-corrected chi connectivity index (χ0v) is 12.4. The molecule has 1 N–H and O–H groups in total. The van der Waals surface area contributed by atoms with Gasteiger partial charge < -0.3 is 10.2 Å². The lowest BCUT2D eigenvalue weighted by molar-refractivity contribution is -0.134. The molecule has 0 bridgehead atoms. The van der Waals surface area contributed by atoms with Gasteiger partial charge in [0.25, 0.3) is 0 Å². The summed E-state index contributed by atoms with van der Waals surface area (Å²) in [5.74, 6) is -0.790. The zero-order chi connectivity index (χ0) is 15.3. The SMILES string of the molecule is CN(Cc1ccccc1F)C(=O)CNC(=O)C(C)(C)C. The lowest BCUT2D eigenvalue weighted by Gasteiger charge is -2.21. The molecule has 1 aromatic rings. The normalized spacial score (nSPS) is 11.1. The highest BCUT2D eigenvalue weighted by atomic mass is 19.1. The van der Waals surface area contributed by atoms with Gasteiger partial charge in [-0.05, 0) is 6.07 Å². The van der Waals surface area contributed by atoms with Gasteiger partial charge in [0.1, 0.15) is 5.82 Å². The van der Waals surface area contributed by atoms with Crippen molar-refractivity contribution in [3.8, 4) is 0 Å². The summed E-state index contributed by atoms with van der Waals surface area (Å²) in [5, 5.41) is 2.58. The van der Waals surface area contributed by atoms with Gasteiger partial charge in [-0.2, -0.15) is 0 Å². The highest BCUT2D eigenvalue weighted by Gasteiger charge is 2.22. The summed E-state index contributed by atoms with van der Waals surface area (Å²) >= 11 is 0. The monoisotopic (exact) mass is 280 g/mol. The maximum atomic E-state index is 13.5. The van der Waals surface area contributed by atoms with E-state index >= 15 is 0 Å². The molecule has 0 radical (unpaired) electrons. The number of carbonyl (C=O) groups excluding carboxylic acids is 2. The van der Waals surface area contributed by atoms with Crippen LogP contribution in [0.3, 0.4) is 0 Å². The van der Waals surface area contributed by atoms with Crippen LogP contribution in [0.5, 0.6) is 0 Å². The second-order valence-corrected chi connectivity index (χ2v) is 5.77. The van der Waals surface area contributed by atoms with Gasteiger partial charge >= 0.3 is 0 Å². The predicted molar refractivity (Wildman–Crippen MR) is 75.3 cm³/mol. The standard InChI is InChI=1S/C15H21FN2O2/c1-15(2,3)14(20)17-9-13(19)18(4)10-11-7-5-6-8-12(11)16/h5-8H,9-10H2,1-4H3,(H,17,20). The molecule has 1 rings (SSSR count). The number of halogens is 1. The van der Waals surface area contributed by atoms with Crippen LogP contribution in [-0.4, -0.2) is 30.3 Å². The highest BCUT2D eigenvalue weighted by Crippen LogP contribution is 2.12. The Bertz CT molecular complexity index is 495. The van der Waals surface area contributed by atoms with Gasteiger partial charge in [-0.25, -0.2) is 4.39 Å². The number of likely N-dealkylation sites (N-methyl/N-ethyl adjacent to an activating group) is 1. The average Bonchev–Trinajstić information content (AvgIpc) is 2.36. The van der Waals surface area contributed by atoms with Gasteiger partial charge in [0.05, 0.1) is 6.54 Å². The van der Waals surface area contributed by atoms with Crippen molar-refractivity contribution in [3.63, 3.8) is 0 Å². The Kier molecular flexibility index (Phi) is 5.25. The molecule has 0 aliphatic heterocycles. The second kappa shape index (κ2) is 6.50. The molecule has 1 aromatic carbocycles. The van der Waals surface area contributed by atoms with Crippen LogP contribution in [0.15, 0.2) is 24.3 Å². The van der Waals surface area contributed by atoms with Gasteiger partial charge in [0, 0.05) is 24.6 Å². The number of nitrogens with one attached hydrogen (secondary N) is 1. The molecule has 0 aromatic heterocycles. The van der Waals surface area contributed by atoms with E-state index in [4.69, 9.17) is 0 Å². The van der Waals surface area contributed by atoms with Crippen LogP contribution in [-0.2, 0) is 16.1 Å². The Morgan fingerprint density at radius 2 is 1.85 bits per heavy atom. The Hall–Kier alpha value is -1.91. The first-order chi connectivity index (χ1) is 9.21. The Morgan fingerprint density at radius 3 is 2.40 bits per heavy atom. The third-order valence-corrected chi connectivity index (χ3v) is 2.87. The van der Waals surface area contributed by atoms with Gasteiger partial charge in [-0.3, -0.25) is 9.59 Å². The van der Waals surface area contributed by atoms with Crippen molar-refractivity contribution in [2.24, 2.45) is 5.41 Å². The molecule has 2 amide bonds. The highest BCUT2D eigenvalue weighted by molar-refractivity contribution is 5.87. The molecule has 0 saturated carbocycles. The zero-order valence-electron chi connectivity index (χ0n) is 12.4. The largest absolute Gasteiger partial charge is 0.347 e. The molecule has 0 saturated heterocycles. The van der Waals surface area contributed by atoms with Crippen LogP contribution >= 0.6 is 0 Å². The van der Waals surface area contributed by atoms with E-state index in [1.165, 1.54) is 11.0 Å². The van der Waals surface area contributed by atoms with Crippen LogP contribution in [0.1, 0.15) is 26.3 Å². The molecule has 0 spiro atoms. The summed E-state index contributed by atoms with van der Waals surface area (Å²) < 4.78 is 13.5. The summed E-state index contributed by atoms with van der Waals surface area (Å²) in [5.41, 5.74) is -0.0878. The molecule has 0 heterocycles. The number of nitrogens with zero attached hydrogens (tertiary/aromatic N) is 1. The number of hydrogen-bond acceptors (Lipinski definition) is 2. The fourth-order valence-electron chi connectivity index (χ4n) is 1.53. The Morgan fingerprint density at radius 1 is 1.25 bits per heavy atom. The van der Waals surface area contributed by atoms with E-state index in [0.717, 1.165) is 0 Å². The molecule has 0 atom stereocenters. The fourth-order valence-corrected chi connectivity index (χ4v) is 1.53. The van der Waals surface area contributed by atoms with Crippen LogP contribution < -0.4 is 5.32 Å². The van der Waals surface area contributed by atoms with E-state index in [-0.39, 0.29) is 30.7 Å².